The van der Waals surface area contributed by atoms with Crippen LogP contribution in [0, 0.1) is 0 Å². The first-order valence-electron chi connectivity index (χ1n) is 9.90. The fourth-order valence-electron chi connectivity index (χ4n) is 3.01. The van der Waals surface area contributed by atoms with Gasteiger partial charge in [-0.05, 0) is 30.5 Å². The maximum Gasteiger partial charge on any atom is 0.191 e. The fraction of sp³-hybridized carbons (Fsp3) is 0.304. The van der Waals surface area contributed by atoms with Crippen LogP contribution in [0.15, 0.2) is 78.3 Å². The lowest BCUT2D eigenvalue weighted by Crippen LogP contribution is -2.44. The summed E-state index contributed by atoms with van der Waals surface area (Å²) in [5.41, 5.74) is 2.25. The molecule has 2 aromatic carbocycles. The second-order valence-electron chi connectivity index (χ2n) is 7.24. The van der Waals surface area contributed by atoms with Gasteiger partial charge in [0.15, 0.2) is 5.96 Å². The van der Waals surface area contributed by atoms with E-state index in [9.17, 15) is 5.11 Å². The molecule has 0 fully saturated rings. The number of rotatable bonds is 8. The van der Waals surface area contributed by atoms with Crippen LogP contribution in [-0.4, -0.2) is 33.7 Å². The van der Waals surface area contributed by atoms with Gasteiger partial charge in [-0.1, -0.05) is 54.6 Å². The lowest BCUT2D eigenvalue weighted by atomic mass is 9.96. The molecule has 3 N–H and O–H groups in total. The average Bonchev–Trinajstić information content (AvgIpc) is 3.25. The molecule has 1 aromatic heterocycles. The van der Waals surface area contributed by atoms with E-state index in [0.29, 0.717) is 19.0 Å². The van der Waals surface area contributed by atoms with Gasteiger partial charge in [0.2, 0.25) is 0 Å². The van der Waals surface area contributed by atoms with Crippen molar-refractivity contribution in [3.63, 3.8) is 0 Å². The third-order valence-corrected chi connectivity index (χ3v) is 4.71. The monoisotopic (exact) mass is 519 g/mol. The zero-order valence-electron chi connectivity index (χ0n) is 17.5. The van der Waals surface area contributed by atoms with Gasteiger partial charge in [-0.2, -0.15) is 0 Å². The summed E-state index contributed by atoms with van der Waals surface area (Å²) in [5, 5.41) is 17.3. The summed E-state index contributed by atoms with van der Waals surface area (Å²) in [5.74, 6) is 0.686. The first-order chi connectivity index (χ1) is 14.1. The largest absolute Gasteiger partial charge is 0.384 e. The molecule has 6 nitrogen and oxygen atoms in total. The maximum atomic E-state index is 10.8. The Morgan fingerprint density at radius 2 is 1.77 bits per heavy atom. The molecular weight excluding hydrogens is 489 g/mol. The van der Waals surface area contributed by atoms with Crippen LogP contribution in [0.2, 0.25) is 0 Å². The van der Waals surface area contributed by atoms with Crippen molar-refractivity contribution in [2.45, 2.75) is 32.5 Å². The molecule has 0 saturated heterocycles. The maximum absolute atomic E-state index is 10.8. The Hall–Kier alpha value is -2.39. The Bertz CT molecular complexity index is 893. The topological polar surface area (TPSA) is 74.5 Å². The molecular formula is C23H30IN5O. The van der Waals surface area contributed by atoms with Crippen LogP contribution in [-0.2, 0) is 18.7 Å². The number of aliphatic hydroxyl groups is 1. The molecule has 0 aliphatic rings. The highest BCUT2D eigenvalue weighted by molar-refractivity contribution is 14.0. The molecule has 0 saturated carbocycles. The smallest absolute Gasteiger partial charge is 0.191 e. The summed E-state index contributed by atoms with van der Waals surface area (Å²) in [6.07, 6.45) is 5.56. The predicted octanol–water partition coefficient (Wildman–Crippen LogP) is 3.51. The van der Waals surface area contributed by atoms with Crippen LogP contribution >= 0.6 is 24.0 Å². The summed E-state index contributed by atoms with van der Waals surface area (Å²) in [4.78, 5) is 8.72. The van der Waals surface area contributed by atoms with Crippen molar-refractivity contribution in [1.29, 1.82) is 0 Å². The number of imidazole rings is 1. The number of aromatic nitrogens is 2. The molecule has 1 atom stereocenters. The van der Waals surface area contributed by atoms with Gasteiger partial charge in [0.05, 0.1) is 19.4 Å². The van der Waals surface area contributed by atoms with Gasteiger partial charge in [0.1, 0.15) is 5.60 Å². The number of nitrogens with zero attached hydrogens (tertiary/aromatic N) is 3. The molecule has 0 spiro atoms. The van der Waals surface area contributed by atoms with Crippen LogP contribution in [0.5, 0.6) is 0 Å². The van der Waals surface area contributed by atoms with E-state index in [1.165, 1.54) is 5.56 Å². The summed E-state index contributed by atoms with van der Waals surface area (Å²) in [6, 6.07) is 18.1. The number of nitrogens with one attached hydrogen (secondary N) is 2. The molecule has 30 heavy (non-hydrogen) atoms. The SMILES string of the molecule is CCNC(=NCc1ccc(Cn2ccnc2)cc1)NCC(C)(O)c1ccccc1.I. The van der Waals surface area contributed by atoms with E-state index < -0.39 is 5.60 Å². The van der Waals surface area contributed by atoms with Gasteiger partial charge in [-0.25, -0.2) is 9.98 Å². The van der Waals surface area contributed by atoms with Crippen molar-refractivity contribution in [2.24, 2.45) is 4.99 Å². The van der Waals surface area contributed by atoms with E-state index in [1.807, 2.05) is 54.3 Å². The van der Waals surface area contributed by atoms with Crippen LogP contribution in [0.1, 0.15) is 30.5 Å². The van der Waals surface area contributed by atoms with Crippen molar-refractivity contribution in [2.75, 3.05) is 13.1 Å². The van der Waals surface area contributed by atoms with Crippen LogP contribution in [0.4, 0.5) is 0 Å². The first-order valence-corrected chi connectivity index (χ1v) is 9.90. The third kappa shape index (κ3) is 7.14. The van der Waals surface area contributed by atoms with Gasteiger partial charge >= 0.3 is 0 Å². The number of halogens is 1. The van der Waals surface area contributed by atoms with E-state index in [-0.39, 0.29) is 24.0 Å². The second-order valence-corrected chi connectivity index (χ2v) is 7.24. The third-order valence-electron chi connectivity index (χ3n) is 4.71. The Balaban J connectivity index is 0.00000320. The predicted molar refractivity (Wildman–Crippen MR) is 132 cm³/mol. The normalized spacial score (nSPS) is 13.2. The van der Waals surface area contributed by atoms with E-state index in [4.69, 9.17) is 0 Å². The minimum atomic E-state index is -0.980. The van der Waals surface area contributed by atoms with Crippen molar-refractivity contribution < 1.29 is 5.11 Å². The van der Waals surface area contributed by atoms with Crippen molar-refractivity contribution in [3.8, 4) is 0 Å². The van der Waals surface area contributed by atoms with Crippen LogP contribution in [0.3, 0.4) is 0 Å². The highest BCUT2D eigenvalue weighted by atomic mass is 127. The molecule has 0 radical (unpaired) electrons. The lowest BCUT2D eigenvalue weighted by Gasteiger charge is -2.25. The summed E-state index contributed by atoms with van der Waals surface area (Å²) in [7, 11) is 0. The van der Waals surface area contributed by atoms with Gasteiger partial charge < -0.3 is 20.3 Å². The van der Waals surface area contributed by atoms with Crippen molar-refractivity contribution >= 4 is 29.9 Å². The zero-order valence-corrected chi connectivity index (χ0v) is 19.8. The Morgan fingerprint density at radius 1 is 1.07 bits per heavy atom. The number of hydrogen-bond acceptors (Lipinski definition) is 3. The quantitative estimate of drug-likeness (QED) is 0.242. The fourth-order valence-corrected chi connectivity index (χ4v) is 3.01. The molecule has 1 unspecified atom stereocenters. The molecule has 0 amide bonds. The molecule has 3 aromatic rings. The Labute approximate surface area is 195 Å². The zero-order chi connectivity index (χ0) is 20.5. The summed E-state index contributed by atoms with van der Waals surface area (Å²) >= 11 is 0. The summed E-state index contributed by atoms with van der Waals surface area (Å²) in [6.45, 7) is 6.32. The number of guanidine groups is 1. The first kappa shape index (κ1) is 23.9. The van der Waals surface area contributed by atoms with E-state index in [2.05, 4.69) is 44.9 Å². The van der Waals surface area contributed by atoms with Crippen molar-refractivity contribution in [3.05, 3.63) is 90.0 Å². The number of benzene rings is 2. The Morgan fingerprint density at radius 3 is 2.40 bits per heavy atom. The second kappa shape index (κ2) is 11.7. The van der Waals surface area contributed by atoms with Gasteiger partial charge in [0, 0.05) is 25.5 Å². The highest BCUT2D eigenvalue weighted by Gasteiger charge is 2.22. The molecule has 0 aliphatic carbocycles. The van der Waals surface area contributed by atoms with Gasteiger partial charge in [-0.15, -0.1) is 24.0 Å². The molecule has 1 heterocycles. The highest BCUT2D eigenvalue weighted by Crippen LogP contribution is 2.18. The van der Waals surface area contributed by atoms with E-state index >= 15 is 0 Å². The average molecular weight is 519 g/mol. The number of hydrogen-bond donors (Lipinski definition) is 3. The van der Waals surface area contributed by atoms with Gasteiger partial charge in [-0.3, -0.25) is 0 Å². The Kier molecular flexibility index (Phi) is 9.32. The molecule has 0 bridgehead atoms. The van der Waals surface area contributed by atoms with E-state index in [1.54, 1.807) is 13.1 Å². The molecule has 3 rings (SSSR count). The molecule has 7 heteroatoms. The molecule has 160 valence electrons. The van der Waals surface area contributed by atoms with Crippen molar-refractivity contribution in [1.82, 2.24) is 20.2 Å². The van der Waals surface area contributed by atoms with E-state index in [0.717, 1.165) is 24.2 Å². The minimum absolute atomic E-state index is 0. The van der Waals surface area contributed by atoms with Crippen LogP contribution < -0.4 is 10.6 Å². The summed E-state index contributed by atoms with van der Waals surface area (Å²) < 4.78 is 2.04. The lowest BCUT2D eigenvalue weighted by molar-refractivity contribution is 0.0617. The van der Waals surface area contributed by atoms with Crippen LogP contribution in [0.25, 0.3) is 0 Å². The molecule has 0 aliphatic heterocycles. The minimum Gasteiger partial charge on any atom is -0.384 e. The standard InChI is InChI=1S/C23H29N5O.HI/c1-3-25-22(27-17-23(2,29)21-7-5-4-6-8-21)26-15-19-9-11-20(12-10-19)16-28-14-13-24-18-28;/h4-14,18,29H,3,15-17H2,1-2H3,(H2,25,26,27);1H. The van der Waals surface area contributed by atoms with Gasteiger partial charge in [0.25, 0.3) is 0 Å². The number of aliphatic imine (C=N–C) groups is 1.